The molecule has 0 atom stereocenters. The lowest BCUT2D eigenvalue weighted by atomic mass is 9.85. The van der Waals surface area contributed by atoms with Gasteiger partial charge in [-0.25, -0.2) is 0 Å². The molecule has 0 amide bonds. The monoisotopic (exact) mass is 355 g/mol. The van der Waals surface area contributed by atoms with Crippen molar-refractivity contribution >= 4 is 21.9 Å². The number of nitrogens with zero attached hydrogens (tertiary/aromatic N) is 1. The Hall–Kier alpha value is -1.07. The molecule has 5 heteroatoms. The lowest BCUT2D eigenvalue weighted by molar-refractivity contribution is 0.152. The van der Waals surface area contributed by atoms with Crippen molar-refractivity contribution in [2.24, 2.45) is 4.99 Å². The van der Waals surface area contributed by atoms with E-state index in [9.17, 15) is 0 Å². The molecule has 2 N–H and O–H groups in total. The maximum absolute atomic E-state index is 5.31. The van der Waals surface area contributed by atoms with E-state index in [-0.39, 0.29) is 5.41 Å². The SMILES string of the molecule is CCOCCNC(=NC)NCC(C)(C)c1cccc(Br)c1. The van der Waals surface area contributed by atoms with Gasteiger partial charge in [-0.05, 0) is 24.6 Å². The number of ether oxygens (including phenoxy) is 1. The number of nitrogens with one attached hydrogen (secondary N) is 2. The van der Waals surface area contributed by atoms with Crippen molar-refractivity contribution in [2.45, 2.75) is 26.2 Å². The third-order valence-corrected chi connectivity index (χ3v) is 3.76. The van der Waals surface area contributed by atoms with Crippen LogP contribution in [0.25, 0.3) is 0 Å². The highest BCUT2D eigenvalue weighted by Crippen LogP contribution is 2.24. The maximum Gasteiger partial charge on any atom is 0.191 e. The maximum atomic E-state index is 5.31. The highest BCUT2D eigenvalue weighted by Gasteiger charge is 2.21. The first-order valence-electron chi connectivity index (χ1n) is 7.28. The minimum absolute atomic E-state index is 0.0152. The van der Waals surface area contributed by atoms with E-state index in [0.717, 1.165) is 30.1 Å². The summed E-state index contributed by atoms with van der Waals surface area (Å²) in [5.74, 6) is 0.803. The molecule has 0 aliphatic carbocycles. The van der Waals surface area contributed by atoms with Crippen molar-refractivity contribution in [1.29, 1.82) is 0 Å². The number of halogens is 1. The summed E-state index contributed by atoms with van der Waals surface area (Å²) < 4.78 is 6.41. The molecule has 0 aromatic heterocycles. The van der Waals surface area contributed by atoms with Gasteiger partial charge in [0.05, 0.1) is 6.61 Å². The zero-order valence-electron chi connectivity index (χ0n) is 13.4. The molecule has 0 spiro atoms. The quantitative estimate of drug-likeness (QED) is 0.449. The summed E-state index contributed by atoms with van der Waals surface area (Å²) in [6, 6.07) is 8.42. The second-order valence-corrected chi connectivity index (χ2v) is 6.36. The summed E-state index contributed by atoms with van der Waals surface area (Å²) >= 11 is 3.53. The van der Waals surface area contributed by atoms with Crippen LogP contribution in [0.2, 0.25) is 0 Å². The van der Waals surface area contributed by atoms with Gasteiger partial charge in [0.15, 0.2) is 5.96 Å². The minimum atomic E-state index is 0.0152. The Morgan fingerprint density at radius 2 is 2.10 bits per heavy atom. The fourth-order valence-electron chi connectivity index (χ4n) is 1.92. The number of hydrogen-bond donors (Lipinski definition) is 2. The number of hydrogen-bond acceptors (Lipinski definition) is 2. The predicted octanol–water partition coefficient (Wildman–Crippen LogP) is 2.93. The van der Waals surface area contributed by atoms with Crippen molar-refractivity contribution < 1.29 is 4.74 Å². The molecule has 1 aromatic carbocycles. The van der Waals surface area contributed by atoms with Crippen molar-refractivity contribution in [3.8, 4) is 0 Å². The molecule has 0 heterocycles. The van der Waals surface area contributed by atoms with E-state index in [1.165, 1.54) is 5.56 Å². The van der Waals surface area contributed by atoms with E-state index in [4.69, 9.17) is 4.74 Å². The molecule has 0 fully saturated rings. The third kappa shape index (κ3) is 6.48. The first-order chi connectivity index (χ1) is 9.99. The summed E-state index contributed by atoms with van der Waals surface area (Å²) in [6.07, 6.45) is 0. The van der Waals surface area contributed by atoms with Gasteiger partial charge in [-0.2, -0.15) is 0 Å². The van der Waals surface area contributed by atoms with Crippen LogP contribution < -0.4 is 10.6 Å². The Morgan fingerprint density at radius 3 is 2.71 bits per heavy atom. The molecule has 1 aromatic rings. The molecule has 0 bridgehead atoms. The molecule has 0 radical (unpaired) electrons. The molecular formula is C16H26BrN3O. The van der Waals surface area contributed by atoms with Gasteiger partial charge >= 0.3 is 0 Å². The average Bonchev–Trinajstić information content (AvgIpc) is 2.46. The van der Waals surface area contributed by atoms with Crippen LogP contribution >= 0.6 is 15.9 Å². The van der Waals surface area contributed by atoms with Crippen LogP contribution in [0.5, 0.6) is 0 Å². The minimum Gasteiger partial charge on any atom is -0.380 e. The molecule has 0 saturated carbocycles. The van der Waals surface area contributed by atoms with Crippen LogP contribution in [0, 0.1) is 0 Å². The second-order valence-electron chi connectivity index (χ2n) is 5.44. The Bertz CT molecular complexity index is 461. The number of benzene rings is 1. The molecule has 21 heavy (non-hydrogen) atoms. The first-order valence-corrected chi connectivity index (χ1v) is 8.07. The topological polar surface area (TPSA) is 45.6 Å². The van der Waals surface area contributed by atoms with Gasteiger partial charge in [0.1, 0.15) is 0 Å². The summed E-state index contributed by atoms with van der Waals surface area (Å²) in [7, 11) is 1.78. The van der Waals surface area contributed by atoms with Crippen molar-refractivity contribution in [3.05, 3.63) is 34.3 Å². The Kier molecular flexibility index (Phi) is 7.75. The van der Waals surface area contributed by atoms with Gasteiger partial charge in [-0.1, -0.05) is 41.9 Å². The highest BCUT2D eigenvalue weighted by molar-refractivity contribution is 9.10. The van der Waals surface area contributed by atoms with E-state index in [1.807, 2.05) is 13.0 Å². The number of guanidine groups is 1. The zero-order valence-corrected chi connectivity index (χ0v) is 15.0. The first kappa shape index (κ1) is 18.0. The van der Waals surface area contributed by atoms with Crippen LogP contribution in [0.15, 0.2) is 33.7 Å². The van der Waals surface area contributed by atoms with E-state index in [0.29, 0.717) is 6.61 Å². The summed E-state index contributed by atoms with van der Waals surface area (Å²) in [6.45, 7) is 9.41. The second kappa shape index (κ2) is 9.05. The smallest absolute Gasteiger partial charge is 0.191 e. The van der Waals surface area contributed by atoms with Crippen molar-refractivity contribution in [1.82, 2.24) is 10.6 Å². The highest BCUT2D eigenvalue weighted by atomic mass is 79.9. The van der Waals surface area contributed by atoms with Gasteiger partial charge in [-0.15, -0.1) is 0 Å². The van der Waals surface area contributed by atoms with E-state index >= 15 is 0 Å². The van der Waals surface area contributed by atoms with Gasteiger partial charge in [0, 0.05) is 36.6 Å². The molecule has 4 nitrogen and oxygen atoms in total. The molecule has 0 unspecified atom stereocenters. The largest absolute Gasteiger partial charge is 0.380 e. The van der Waals surface area contributed by atoms with E-state index in [2.05, 4.69) is 63.6 Å². The number of aliphatic imine (C=N–C) groups is 1. The fraction of sp³-hybridized carbons (Fsp3) is 0.562. The summed E-state index contributed by atoms with van der Waals surface area (Å²) in [5, 5.41) is 6.62. The predicted molar refractivity (Wildman–Crippen MR) is 93.0 cm³/mol. The molecule has 118 valence electrons. The molecule has 0 saturated heterocycles. The Balaban J connectivity index is 2.51. The molecule has 0 aliphatic heterocycles. The van der Waals surface area contributed by atoms with Gasteiger partial charge in [0.2, 0.25) is 0 Å². The fourth-order valence-corrected chi connectivity index (χ4v) is 2.32. The normalized spacial score (nSPS) is 12.3. The van der Waals surface area contributed by atoms with Crippen LogP contribution in [0.3, 0.4) is 0 Å². The van der Waals surface area contributed by atoms with Gasteiger partial charge < -0.3 is 15.4 Å². The zero-order chi connectivity index (χ0) is 15.7. The summed E-state index contributed by atoms with van der Waals surface area (Å²) in [4.78, 5) is 4.23. The van der Waals surface area contributed by atoms with Gasteiger partial charge in [-0.3, -0.25) is 4.99 Å². The summed E-state index contributed by atoms with van der Waals surface area (Å²) in [5.41, 5.74) is 1.30. The van der Waals surface area contributed by atoms with Crippen LogP contribution in [-0.2, 0) is 10.2 Å². The molecule has 0 aliphatic rings. The van der Waals surface area contributed by atoms with Crippen LogP contribution in [-0.4, -0.2) is 39.3 Å². The lowest BCUT2D eigenvalue weighted by Crippen LogP contribution is -2.44. The number of rotatable bonds is 7. The standard InChI is InChI=1S/C16H26BrN3O/c1-5-21-10-9-19-15(18-4)20-12-16(2,3)13-7-6-8-14(17)11-13/h6-8,11H,5,9-10,12H2,1-4H3,(H2,18,19,20). The van der Waals surface area contributed by atoms with Crippen LogP contribution in [0.1, 0.15) is 26.3 Å². The third-order valence-electron chi connectivity index (χ3n) is 3.27. The van der Waals surface area contributed by atoms with E-state index < -0.39 is 0 Å². The van der Waals surface area contributed by atoms with E-state index in [1.54, 1.807) is 7.05 Å². The molecular weight excluding hydrogens is 330 g/mol. The average molecular weight is 356 g/mol. The van der Waals surface area contributed by atoms with Gasteiger partial charge in [0.25, 0.3) is 0 Å². The molecule has 1 rings (SSSR count). The Morgan fingerprint density at radius 1 is 1.33 bits per heavy atom. The van der Waals surface area contributed by atoms with Crippen LogP contribution in [0.4, 0.5) is 0 Å². The van der Waals surface area contributed by atoms with Crippen molar-refractivity contribution in [2.75, 3.05) is 33.4 Å². The Labute approximate surface area is 136 Å². The van der Waals surface area contributed by atoms with Crippen molar-refractivity contribution in [3.63, 3.8) is 0 Å². The lowest BCUT2D eigenvalue weighted by Gasteiger charge is -2.27.